The maximum Gasteiger partial charge on any atom is 0.410 e. The number of para-hydroxylation sites is 1. The lowest BCUT2D eigenvalue weighted by molar-refractivity contribution is 0.0320. The summed E-state index contributed by atoms with van der Waals surface area (Å²) in [6, 6.07) is 37.2. The van der Waals surface area contributed by atoms with E-state index in [0.717, 1.165) is 26.6 Å². The quantitative estimate of drug-likeness (QED) is 0.0232. The predicted octanol–water partition coefficient (Wildman–Crippen LogP) is 12.4. The number of ether oxygens (including phenoxy) is 4. The average molecular weight is 1220 g/mol. The summed E-state index contributed by atoms with van der Waals surface area (Å²) in [6.45, 7) is 23.7. The number of methoxy groups -OCH3 is 1. The third-order valence-electron chi connectivity index (χ3n) is 13.8. The summed E-state index contributed by atoms with van der Waals surface area (Å²) in [5.74, 6) is 5.75. The smallest absolute Gasteiger partial charge is 0.410 e. The van der Waals surface area contributed by atoms with Crippen LogP contribution < -0.4 is 24.8 Å². The number of likely N-dealkylation sites (N-methyl/N-ethyl adjacent to an activating group) is 1. The molecule has 0 bridgehead atoms. The third-order valence-corrected chi connectivity index (χ3v) is 22.7. The van der Waals surface area contributed by atoms with Gasteiger partial charge in [0.15, 0.2) is 38.8 Å². The van der Waals surface area contributed by atoms with Gasteiger partial charge < -0.3 is 38.1 Å². The minimum atomic E-state index is -2.94. The molecule has 15 nitrogen and oxygen atoms in total. The zero-order chi connectivity index (χ0) is 60.8. The number of carbonyl (C=O) groups excluding carboxylic acids is 2. The van der Waals surface area contributed by atoms with Gasteiger partial charge in [0.05, 0.1) is 36.6 Å². The van der Waals surface area contributed by atoms with Crippen LogP contribution in [0.4, 0.5) is 26.0 Å². The highest BCUT2D eigenvalue weighted by atomic mass is 32.1. The van der Waals surface area contributed by atoms with E-state index < -0.39 is 39.9 Å². The molecule has 3 aromatic heterocycles. The Balaban J connectivity index is 1.18. The Kier molecular flexibility index (Phi) is 22.4. The van der Waals surface area contributed by atoms with Crippen LogP contribution in [-0.4, -0.2) is 131 Å². The average Bonchev–Trinajstić information content (AvgIpc) is 1.35. The predicted molar refractivity (Wildman–Crippen MR) is 343 cm³/mol. The molecule has 0 spiro atoms. The van der Waals surface area contributed by atoms with Crippen LogP contribution in [0.15, 0.2) is 114 Å². The first-order chi connectivity index (χ1) is 39.9. The number of aryl methyl sites for hydroxylation is 2. The Hall–Kier alpha value is -6.58. The number of aromatic nitrogens is 4. The number of anilines is 2. The van der Waals surface area contributed by atoms with Gasteiger partial charge in [0, 0.05) is 45.3 Å². The van der Waals surface area contributed by atoms with E-state index in [0.29, 0.717) is 79.3 Å². The van der Waals surface area contributed by atoms with Crippen molar-refractivity contribution in [2.45, 2.75) is 123 Å². The molecular formula is C64H83FN8O7S2Si2. The van der Waals surface area contributed by atoms with Crippen molar-refractivity contribution in [2.75, 3.05) is 66.0 Å². The second-order valence-electron chi connectivity index (χ2n) is 24.4. The van der Waals surface area contributed by atoms with Gasteiger partial charge in [-0.2, -0.15) is 4.99 Å². The van der Waals surface area contributed by atoms with E-state index in [1.807, 2.05) is 30.0 Å². The summed E-state index contributed by atoms with van der Waals surface area (Å²) >= 11 is 2.95. The van der Waals surface area contributed by atoms with Gasteiger partial charge in [-0.3, -0.25) is 4.57 Å². The fourth-order valence-corrected chi connectivity index (χ4v) is 17.1. The number of thiazole rings is 2. The normalized spacial score (nSPS) is 12.7. The maximum absolute atomic E-state index is 15.4. The summed E-state index contributed by atoms with van der Waals surface area (Å²) in [4.78, 5) is 43.1. The van der Waals surface area contributed by atoms with Crippen LogP contribution in [0.25, 0.3) is 10.2 Å². The Morgan fingerprint density at radius 1 is 0.845 bits per heavy atom. The molecule has 0 N–H and O–H groups in total. The summed E-state index contributed by atoms with van der Waals surface area (Å²) in [6.07, 6.45) is 1.52. The van der Waals surface area contributed by atoms with Crippen LogP contribution in [0.5, 0.6) is 5.75 Å². The molecule has 7 rings (SSSR count). The summed E-state index contributed by atoms with van der Waals surface area (Å²) in [7, 11) is 2.86. The van der Waals surface area contributed by atoms with Crippen LogP contribution >= 0.6 is 22.7 Å². The number of benzene rings is 4. The fourth-order valence-electron chi connectivity index (χ4n) is 9.54. The first-order valence-corrected chi connectivity index (χ1v) is 35.8. The number of hydrogen-bond acceptors (Lipinski definition) is 15. The van der Waals surface area contributed by atoms with E-state index in [4.69, 9.17) is 43.5 Å². The lowest BCUT2D eigenvalue weighted by Gasteiger charge is -2.45. The van der Waals surface area contributed by atoms with E-state index in [-0.39, 0.29) is 35.7 Å². The highest BCUT2D eigenvalue weighted by Crippen LogP contribution is 2.39. The summed E-state index contributed by atoms with van der Waals surface area (Å²) in [5.41, 5.74) is 1.82. The van der Waals surface area contributed by atoms with Crippen molar-refractivity contribution >= 4 is 88.5 Å². The van der Waals surface area contributed by atoms with E-state index in [1.54, 1.807) is 45.2 Å². The molecule has 0 aliphatic rings. The second-order valence-corrected chi connectivity index (χ2v) is 36.3. The van der Waals surface area contributed by atoms with E-state index in [9.17, 15) is 9.59 Å². The molecule has 0 saturated carbocycles. The molecular weight excluding hydrogens is 1130 g/mol. The Morgan fingerprint density at radius 3 is 2.14 bits per heavy atom. The van der Waals surface area contributed by atoms with Crippen molar-refractivity contribution < 1.29 is 37.4 Å². The highest BCUT2D eigenvalue weighted by Gasteiger charge is 2.51. The topological polar surface area (TPSA) is 146 Å². The molecule has 448 valence electrons. The molecule has 1 amide bonds. The van der Waals surface area contributed by atoms with Crippen molar-refractivity contribution in [1.82, 2.24) is 29.5 Å². The van der Waals surface area contributed by atoms with Gasteiger partial charge in [0.1, 0.15) is 12.3 Å². The van der Waals surface area contributed by atoms with Crippen molar-refractivity contribution in [2.24, 2.45) is 4.99 Å². The van der Waals surface area contributed by atoms with E-state index >= 15 is 4.39 Å². The van der Waals surface area contributed by atoms with Gasteiger partial charge in [-0.15, -0.1) is 21.5 Å². The Labute approximate surface area is 506 Å². The monoisotopic (exact) mass is 1210 g/mol. The molecule has 0 radical (unpaired) electrons. The number of fused-ring (bicyclic) bond motifs is 1. The van der Waals surface area contributed by atoms with Gasteiger partial charge >= 0.3 is 12.1 Å². The second kappa shape index (κ2) is 29.0. The third kappa shape index (κ3) is 17.5. The lowest BCUT2D eigenvalue weighted by atomic mass is 10.2. The van der Waals surface area contributed by atoms with Crippen LogP contribution in [0, 0.1) is 24.6 Å². The van der Waals surface area contributed by atoms with Gasteiger partial charge in [0.25, 0.3) is 8.32 Å². The van der Waals surface area contributed by atoms with Gasteiger partial charge in [0.2, 0.25) is 0 Å². The number of halogens is 1. The molecule has 0 aliphatic heterocycles. The van der Waals surface area contributed by atoms with E-state index in [1.165, 1.54) is 45.9 Å². The molecule has 4 aromatic carbocycles. The zero-order valence-electron chi connectivity index (χ0n) is 51.4. The van der Waals surface area contributed by atoms with E-state index in [2.05, 4.69) is 149 Å². The SMILES string of the molecule is COC(=O)c1nc(N(CCCC(CN(C)C)O[Si](c2ccccc2)(c2ccccc2)C(C)(C)C)c2cc(C)c(N=c3sc4ccccc4n3COCC[Si](C)(C)C)nn2)sc1CCCOc1ccc(C#CCN(C)C(=O)OC(C)(C)C)cc1F. The Morgan fingerprint density at radius 2 is 1.52 bits per heavy atom. The standard InChI is InChI=1S/C64H83FN8O7S2Si2/c1-46-42-56(68-69-58(46)67-61-73(45-77-40-41-83(12,13)14)52-32-21-22-33-54(52)81-61)72(38-24-27-48(44-70(8)9)80-84(64(5,6)7,49-28-17-15-18-29-49)50-30-19-16-20-31-50)60-66-57(59(74)76-11)55(82-60)34-25-39-78-53-36-35-47(43-51(53)65)26-23-37-71(10)62(75)79-63(2,3)4/h15-22,28-33,35-36,42-43,48H,24-25,27,34,37-41,44-45H2,1-14H3. The number of carbonyl (C=O) groups is 2. The fraction of sp³-hybridized carbons (Fsp3) is 0.438. The molecule has 7 aromatic rings. The molecule has 3 heterocycles. The molecule has 1 unspecified atom stereocenters. The first-order valence-electron chi connectivity index (χ1n) is 28.6. The van der Waals surface area contributed by atoms with Gasteiger partial charge in [-0.05, 0) is 131 Å². The molecule has 0 fully saturated rings. The minimum Gasteiger partial charge on any atom is -0.491 e. The molecule has 84 heavy (non-hydrogen) atoms. The van der Waals surface area contributed by atoms with Crippen molar-refractivity contribution in [3.63, 3.8) is 0 Å². The van der Waals surface area contributed by atoms with Crippen molar-refractivity contribution in [3.05, 3.63) is 142 Å². The molecule has 1 atom stereocenters. The minimum absolute atomic E-state index is 0.0689. The number of nitrogens with zero attached hydrogens (tertiary/aromatic N) is 8. The first kappa shape index (κ1) is 65.0. The van der Waals surface area contributed by atoms with Crippen LogP contribution in [0.2, 0.25) is 30.7 Å². The molecule has 20 heteroatoms. The maximum atomic E-state index is 15.4. The van der Waals surface area contributed by atoms with Gasteiger partial charge in [-0.1, -0.05) is 136 Å². The van der Waals surface area contributed by atoms with Crippen molar-refractivity contribution in [3.8, 4) is 17.6 Å². The molecule has 0 saturated heterocycles. The Bertz CT molecular complexity index is 3420. The van der Waals surface area contributed by atoms with Gasteiger partial charge in [-0.25, -0.2) is 19.0 Å². The summed E-state index contributed by atoms with van der Waals surface area (Å²) in [5, 5.41) is 12.4. The number of rotatable bonds is 25. The lowest BCUT2D eigenvalue weighted by Crippen LogP contribution is -2.68. The number of hydrogen-bond donors (Lipinski definition) is 0. The summed E-state index contributed by atoms with van der Waals surface area (Å²) < 4.78 is 49.3. The van der Waals surface area contributed by atoms with Crippen LogP contribution in [-0.2, 0) is 31.8 Å². The zero-order valence-corrected chi connectivity index (χ0v) is 55.0. The van der Waals surface area contributed by atoms with Crippen molar-refractivity contribution in [1.29, 1.82) is 0 Å². The highest BCUT2D eigenvalue weighted by molar-refractivity contribution is 7.16. The number of esters is 1. The van der Waals surface area contributed by atoms with Crippen LogP contribution in [0.1, 0.15) is 87.3 Å². The largest absolute Gasteiger partial charge is 0.491 e. The number of amides is 1. The van der Waals surface area contributed by atoms with Crippen LogP contribution in [0.3, 0.4) is 0 Å². The molecule has 0 aliphatic carbocycles.